The molecule has 2 rings (SSSR count). The van der Waals surface area contributed by atoms with Crippen LogP contribution < -0.4 is 5.32 Å². The zero-order chi connectivity index (χ0) is 15.2. The van der Waals surface area contributed by atoms with Crippen LogP contribution in [0.2, 0.25) is 0 Å². The summed E-state index contributed by atoms with van der Waals surface area (Å²) in [6, 6.07) is 7.59. The van der Waals surface area contributed by atoms with Crippen LogP contribution in [0.4, 0.5) is 0 Å². The largest absolute Gasteiger partial charge is 0.480 e. The van der Waals surface area contributed by atoms with E-state index in [1.165, 1.54) is 0 Å². The highest BCUT2D eigenvalue weighted by Crippen LogP contribution is 2.27. The maximum Gasteiger partial charge on any atom is 0.326 e. The summed E-state index contributed by atoms with van der Waals surface area (Å²) >= 11 is 0. The third-order valence-corrected chi connectivity index (χ3v) is 4.05. The first kappa shape index (κ1) is 15.5. The van der Waals surface area contributed by atoms with Crippen LogP contribution in [0, 0.1) is 5.92 Å². The van der Waals surface area contributed by atoms with Crippen LogP contribution in [0.15, 0.2) is 30.3 Å². The van der Waals surface area contributed by atoms with Crippen molar-refractivity contribution in [3.8, 4) is 0 Å². The van der Waals surface area contributed by atoms with Gasteiger partial charge in [-0.25, -0.2) is 4.79 Å². The van der Waals surface area contributed by atoms with Crippen LogP contribution in [0.25, 0.3) is 0 Å². The maximum atomic E-state index is 12.1. The van der Waals surface area contributed by atoms with Crippen molar-refractivity contribution < 1.29 is 19.8 Å². The van der Waals surface area contributed by atoms with Gasteiger partial charge >= 0.3 is 5.97 Å². The van der Waals surface area contributed by atoms with Gasteiger partial charge in [-0.05, 0) is 24.3 Å². The molecular formula is C16H21NO4. The molecule has 3 N–H and O–H groups in total. The van der Waals surface area contributed by atoms with Crippen molar-refractivity contribution in [3.05, 3.63) is 35.9 Å². The second kappa shape index (κ2) is 7.22. The summed E-state index contributed by atoms with van der Waals surface area (Å²) in [5.74, 6) is -1.74. The zero-order valence-corrected chi connectivity index (χ0v) is 11.9. The molecule has 0 unspecified atom stereocenters. The summed E-state index contributed by atoms with van der Waals surface area (Å²) in [5.41, 5.74) is 0.461. The normalized spacial score (nSPS) is 18.7. The Morgan fingerprint density at radius 3 is 2.29 bits per heavy atom. The van der Waals surface area contributed by atoms with E-state index in [2.05, 4.69) is 5.32 Å². The van der Waals surface area contributed by atoms with Gasteiger partial charge in [0.25, 0.3) is 5.91 Å². The Bertz CT molecular complexity index is 482. The predicted octanol–water partition coefficient (Wildman–Crippen LogP) is 1.87. The SMILES string of the molecule is O=C(N[C@@H](C(=O)O)C1CCCCC1)[C@@H](O)c1ccccc1. The van der Waals surface area contributed by atoms with E-state index in [1.54, 1.807) is 30.3 Å². The lowest BCUT2D eigenvalue weighted by Crippen LogP contribution is -2.48. The number of aliphatic hydroxyl groups excluding tert-OH is 1. The Morgan fingerprint density at radius 1 is 1.10 bits per heavy atom. The number of hydrogen-bond donors (Lipinski definition) is 3. The highest BCUT2D eigenvalue weighted by Gasteiger charge is 2.32. The van der Waals surface area contributed by atoms with Crippen molar-refractivity contribution >= 4 is 11.9 Å². The van der Waals surface area contributed by atoms with Crippen molar-refractivity contribution in [3.63, 3.8) is 0 Å². The van der Waals surface area contributed by atoms with Crippen molar-refractivity contribution in [2.24, 2.45) is 5.92 Å². The molecule has 0 heterocycles. The van der Waals surface area contributed by atoms with E-state index in [0.717, 1.165) is 32.1 Å². The van der Waals surface area contributed by atoms with E-state index in [9.17, 15) is 19.8 Å². The van der Waals surface area contributed by atoms with Crippen molar-refractivity contribution in [2.45, 2.75) is 44.2 Å². The number of carboxylic acid groups (broad SMARTS) is 1. The molecule has 21 heavy (non-hydrogen) atoms. The van der Waals surface area contributed by atoms with Crippen LogP contribution in [-0.2, 0) is 9.59 Å². The number of carbonyl (C=O) groups excluding carboxylic acids is 1. The number of rotatable bonds is 5. The molecule has 1 saturated carbocycles. The lowest BCUT2D eigenvalue weighted by molar-refractivity contribution is -0.145. The van der Waals surface area contributed by atoms with Gasteiger partial charge in [-0.3, -0.25) is 4.79 Å². The van der Waals surface area contributed by atoms with Crippen molar-refractivity contribution in [1.82, 2.24) is 5.32 Å². The monoisotopic (exact) mass is 291 g/mol. The molecule has 0 saturated heterocycles. The Labute approximate surface area is 124 Å². The summed E-state index contributed by atoms with van der Waals surface area (Å²) in [7, 11) is 0. The number of carbonyl (C=O) groups is 2. The third kappa shape index (κ3) is 4.04. The Balaban J connectivity index is 2.02. The standard InChI is InChI=1S/C16H21NO4/c18-14(12-9-5-2-6-10-12)15(19)17-13(16(20)21)11-7-3-1-4-8-11/h2,5-6,9-11,13-14,18H,1,3-4,7-8H2,(H,17,19)(H,20,21)/t13-,14+/m1/s1. The first-order chi connectivity index (χ1) is 10.1. The quantitative estimate of drug-likeness (QED) is 0.773. The molecule has 1 aliphatic carbocycles. The number of hydrogen-bond acceptors (Lipinski definition) is 3. The molecular weight excluding hydrogens is 270 g/mol. The molecule has 1 fully saturated rings. The van der Waals surface area contributed by atoms with Crippen molar-refractivity contribution in [1.29, 1.82) is 0 Å². The van der Waals surface area contributed by atoms with Gasteiger partial charge in [0, 0.05) is 0 Å². The number of amides is 1. The van der Waals surface area contributed by atoms with E-state index >= 15 is 0 Å². The second-order valence-corrected chi connectivity index (χ2v) is 5.54. The molecule has 1 aromatic carbocycles. The fourth-order valence-corrected chi connectivity index (χ4v) is 2.87. The summed E-state index contributed by atoms with van der Waals surface area (Å²) in [6.45, 7) is 0. The van der Waals surface area contributed by atoms with Gasteiger partial charge in [0.2, 0.25) is 0 Å². The topological polar surface area (TPSA) is 86.6 Å². The molecule has 2 atom stereocenters. The molecule has 5 heteroatoms. The van der Waals surface area contributed by atoms with Gasteiger partial charge in [-0.1, -0.05) is 49.6 Å². The summed E-state index contributed by atoms with van der Waals surface area (Å²) < 4.78 is 0. The minimum atomic E-state index is -1.34. The van der Waals surface area contributed by atoms with Crippen LogP contribution in [0.5, 0.6) is 0 Å². The Kier molecular flexibility index (Phi) is 5.33. The average molecular weight is 291 g/mol. The fourth-order valence-electron chi connectivity index (χ4n) is 2.87. The van der Waals surface area contributed by atoms with E-state index < -0.39 is 24.0 Å². The van der Waals surface area contributed by atoms with E-state index in [1.807, 2.05) is 0 Å². The van der Waals surface area contributed by atoms with Gasteiger partial charge < -0.3 is 15.5 Å². The van der Waals surface area contributed by atoms with Gasteiger partial charge in [0.15, 0.2) is 6.10 Å². The fraction of sp³-hybridized carbons (Fsp3) is 0.500. The molecule has 0 spiro atoms. The number of benzene rings is 1. The van der Waals surface area contributed by atoms with Crippen LogP contribution in [-0.4, -0.2) is 28.1 Å². The number of aliphatic carboxylic acids is 1. The minimum absolute atomic E-state index is 0.0526. The molecule has 0 aromatic heterocycles. The van der Waals surface area contributed by atoms with Gasteiger partial charge in [-0.2, -0.15) is 0 Å². The van der Waals surface area contributed by atoms with E-state index in [4.69, 9.17) is 0 Å². The lowest BCUT2D eigenvalue weighted by atomic mass is 9.83. The van der Waals surface area contributed by atoms with Gasteiger partial charge in [0.05, 0.1) is 0 Å². The van der Waals surface area contributed by atoms with Gasteiger partial charge in [-0.15, -0.1) is 0 Å². The molecule has 0 bridgehead atoms. The average Bonchev–Trinajstić information content (AvgIpc) is 2.53. The summed E-state index contributed by atoms with van der Waals surface area (Å²) in [4.78, 5) is 23.5. The van der Waals surface area contributed by atoms with Crippen LogP contribution in [0.1, 0.15) is 43.8 Å². The third-order valence-electron chi connectivity index (χ3n) is 4.05. The smallest absolute Gasteiger partial charge is 0.326 e. The lowest BCUT2D eigenvalue weighted by Gasteiger charge is -2.28. The molecule has 1 aromatic rings. The Hall–Kier alpha value is -1.88. The number of aliphatic hydroxyl groups is 1. The highest BCUT2D eigenvalue weighted by molar-refractivity contribution is 5.87. The maximum absolute atomic E-state index is 12.1. The molecule has 114 valence electrons. The highest BCUT2D eigenvalue weighted by atomic mass is 16.4. The minimum Gasteiger partial charge on any atom is -0.480 e. The summed E-state index contributed by atoms with van der Waals surface area (Å²) in [6.07, 6.45) is 3.37. The first-order valence-corrected chi connectivity index (χ1v) is 7.36. The van der Waals surface area contributed by atoms with Gasteiger partial charge in [0.1, 0.15) is 6.04 Å². The van der Waals surface area contributed by atoms with E-state index in [0.29, 0.717) is 5.56 Å². The zero-order valence-electron chi connectivity index (χ0n) is 11.9. The predicted molar refractivity (Wildman–Crippen MR) is 77.5 cm³/mol. The molecule has 0 radical (unpaired) electrons. The van der Waals surface area contributed by atoms with E-state index in [-0.39, 0.29) is 5.92 Å². The molecule has 5 nitrogen and oxygen atoms in total. The Morgan fingerprint density at radius 2 is 1.71 bits per heavy atom. The summed E-state index contributed by atoms with van der Waals surface area (Å²) in [5, 5.41) is 21.8. The number of carboxylic acids is 1. The van der Waals surface area contributed by atoms with Crippen LogP contribution in [0.3, 0.4) is 0 Å². The second-order valence-electron chi connectivity index (χ2n) is 5.54. The first-order valence-electron chi connectivity index (χ1n) is 7.36. The molecule has 1 aliphatic rings. The number of nitrogens with one attached hydrogen (secondary N) is 1. The van der Waals surface area contributed by atoms with Crippen LogP contribution >= 0.6 is 0 Å². The molecule has 1 amide bonds. The molecule has 0 aliphatic heterocycles. The van der Waals surface area contributed by atoms with Crippen molar-refractivity contribution in [2.75, 3.05) is 0 Å².